The first-order valence-electron chi connectivity index (χ1n) is 5.70. The SMILES string of the molecule is CCc1cc(-c2[c-]cc(C)cc2)[c-]cc1C.[Y].[Y].[Y].[Y].[Y].[Y].[Y].[Y].[Y].[Y].[Y].[Y].[Y].[Y].[Y].[Y].[Y].[Y].[Y].[Y].[Y].[Y].[Y].[Y].[Y].[Y].[Y].[Y].[Y].[Y].[Y]. The molecule has 0 spiro atoms. The molecule has 0 aliphatic heterocycles. The summed E-state index contributed by atoms with van der Waals surface area (Å²) in [6.07, 6.45) is 1.07. The minimum atomic E-state index is 0. The van der Waals surface area contributed by atoms with Crippen molar-refractivity contribution >= 4 is 0 Å². The monoisotopic (exact) mass is 2960 g/mol. The molecule has 2 aromatic carbocycles. The summed E-state index contributed by atoms with van der Waals surface area (Å²) in [6.45, 7) is 6.40. The summed E-state index contributed by atoms with van der Waals surface area (Å²) in [7, 11) is 0. The second-order valence-electron chi connectivity index (χ2n) is 4.19. The van der Waals surface area contributed by atoms with Crippen LogP contribution in [-0.4, -0.2) is 0 Å². The molecule has 0 saturated heterocycles. The maximum atomic E-state index is 3.32. The zero-order chi connectivity index (χ0) is 11.5. The van der Waals surface area contributed by atoms with Gasteiger partial charge in [0.15, 0.2) is 0 Å². The van der Waals surface area contributed by atoms with Gasteiger partial charge in [0.25, 0.3) is 0 Å². The van der Waals surface area contributed by atoms with E-state index in [0.717, 1.165) is 17.5 Å². The molecule has 31 heteroatoms. The molecule has 47 heavy (non-hydrogen) atoms. The molecule has 0 atom stereocenters. The Hall–Kier alpha value is 32.7. The zero-order valence-corrected chi connectivity index (χ0v) is 116. The maximum Gasteiger partial charge on any atom is 0 e. The predicted octanol–water partition coefficient (Wildman–Crippen LogP) is 4.06. The molecule has 175 valence electrons. The average molecular weight is 2960 g/mol. The number of hydrogen-bond donors (Lipinski definition) is 0. The van der Waals surface area contributed by atoms with Crippen molar-refractivity contribution in [2.24, 2.45) is 0 Å². The quantitative estimate of drug-likeness (QED) is 0.399. The van der Waals surface area contributed by atoms with E-state index in [4.69, 9.17) is 0 Å². The third-order valence-corrected chi connectivity index (χ3v) is 2.91. The fourth-order valence-electron chi connectivity index (χ4n) is 1.81. The molecule has 31 radical (unpaired) electrons. The van der Waals surface area contributed by atoms with E-state index >= 15 is 0 Å². The average Bonchev–Trinajstić information content (AvgIpc) is 2.31. The van der Waals surface area contributed by atoms with E-state index in [1.54, 1.807) is 0 Å². The van der Waals surface area contributed by atoms with Crippen LogP contribution >= 0.6 is 0 Å². The molecule has 0 saturated carbocycles. The number of hydrogen-bond acceptors (Lipinski definition) is 0. The summed E-state index contributed by atoms with van der Waals surface area (Å²) in [4.78, 5) is 0. The van der Waals surface area contributed by atoms with Gasteiger partial charge in [-0.15, -0.1) is 16.7 Å². The first kappa shape index (κ1) is 200. The van der Waals surface area contributed by atoms with Gasteiger partial charge in [-0.25, -0.2) is 11.1 Å². The van der Waals surface area contributed by atoms with Crippen LogP contribution < -0.4 is 0 Å². The molecular weight excluding hydrogens is 2950 g/mol. The largest absolute Gasteiger partial charge is 0.226 e. The molecule has 0 aliphatic rings. The van der Waals surface area contributed by atoms with Crippen LogP contribution in [0.25, 0.3) is 11.1 Å². The Morgan fingerprint density at radius 2 is 0.617 bits per heavy atom. The van der Waals surface area contributed by atoms with Gasteiger partial charge < -0.3 is 0 Å². The molecule has 0 aliphatic carbocycles. The predicted molar refractivity (Wildman–Crippen MR) is 68.4 cm³/mol. The van der Waals surface area contributed by atoms with Crippen molar-refractivity contribution in [2.45, 2.75) is 27.2 Å². The van der Waals surface area contributed by atoms with Gasteiger partial charge in [-0.2, -0.15) is 42.5 Å². The van der Waals surface area contributed by atoms with Crippen molar-refractivity contribution in [2.75, 3.05) is 0 Å². The van der Waals surface area contributed by atoms with Gasteiger partial charge in [-0.3, -0.25) is 0 Å². The Kier molecular flexibility index (Phi) is 651. The molecule has 0 amide bonds. The molecule has 0 fully saturated rings. The van der Waals surface area contributed by atoms with Crippen LogP contribution in [-0.2, 0) is 1020 Å². The van der Waals surface area contributed by atoms with E-state index in [2.05, 4.69) is 57.2 Å². The summed E-state index contributed by atoms with van der Waals surface area (Å²) in [5.41, 5.74) is 6.22. The molecule has 0 unspecified atom stereocenters. The van der Waals surface area contributed by atoms with Gasteiger partial charge in [-0.05, 0) is 6.42 Å². The second kappa shape index (κ2) is 153. The standard InChI is InChI=1S/C16H16.31Y/c1-4-14-11-16(10-7-13(14)3)15-8-5-12(2)6-9-15;;;;;;;;;;;;;;;;;;;;;;;;;;;;;;;/h5-8,11H,4H2,1-3H3;;;;;;;;;;;;;;;;;;;;;;;;;;;;;;;/q-2;;;;;;;;;;;;;;;;;;;;;;;;;;;;;;;. The summed E-state index contributed by atoms with van der Waals surface area (Å²) in [5.74, 6) is 0. The van der Waals surface area contributed by atoms with E-state index in [1.807, 2.05) is 6.07 Å². The van der Waals surface area contributed by atoms with Gasteiger partial charge in [0.05, 0.1) is 0 Å². The minimum absolute atomic E-state index is 0. The minimum Gasteiger partial charge on any atom is -0.226 e. The Labute approximate surface area is 1070 Å². The van der Waals surface area contributed by atoms with Crippen molar-refractivity contribution in [3.63, 3.8) is 0 Å². The molecule has 0 N–H and O–H groups in total. The van der Waals surface area contributed by atoms with Crippen molar-refractivity contribution in [1.29, 1.82) is 0 Å². The molecule has 0 bridgehead atoms. The summed E-state index contributed by atoms with van der Waals surface area (Å²) < 4.78 is 0. The molecule has 0 nitrogen and oxygen atoms in total. The Morgan fingerprint density at radius 3 is 0.830 bits per heavy atom. The van der Waals surface area contributed by atoms with Gasteiger partial charge in [0.1, 0.15) is 0 Å². The van der Waals surface area contributed by atoms with Crippen molar-refractivity contribution in [3.8, 4) is 11.1 Å². The third-order valence-electron chi connectivity index (χ3n) is 2.91. The van der Waals surface area contributed by atoms with Crippen LogP contribution in [0.1, 0.15) is 23.6 Å². The summed E-state index contributed by atoms with van der Waals surface area (Å²) in [6, 6.07) is 17.1. The molecule has 2 aromatic rings. The van der Waals surface area contributed by atoms with Crippen LogP contribution in [0, 0.1) is 26.0 Å². The van der Waals surface area contributed by atoms with E-state index in [9.17, 15) is 0 Å². The molecular formula is C16H16Y31-2. The van der Waals surface area contributed by atoms with Gasteiger partial charge >= 0.3 is 0 Å². The smallest absolute Gasteiger partial charge is 0 e. The molecule has 2 rings (SSSR count). The summed E-state index contributed by atoms with van der Waals surface area (Å²) >= 11 is 0. The van der Waals surface area contributed by atoms with Crippen LogP contribution in [0.5, 0.6) is 0 Å². The normalized spacial score (nSPS) is 3.55. The van der Waals surface area contributed by atoms with Gasteiger partial charge in [0.2, 0.25) is 0 Å². The summed E-state index contributed by atoms with van der Waals surface area (Å²) in [5, 5.41) is 0. The molecule has 0 heterocycles. The number of aryl methyl sites for hydroxylation is 3. The van der Waals surface area contributed by atoms with E-state index in [0.29, 0.717) is 0 Å². The second-order valence-corrected chi connectivity index (χ2v) is 4.19. The number of rotatable bonds is 2. The van der Waals surface area contributed by atoms with Crippen molar-refractivity contribution in [1.82, 2.24) is 0 Å². The van der Waals surface area contributed by atoms with E-state index in [1.165, 1.54) is 16.7 Å². The number of benzene rings is 2. The van der Waals surface area contributed by atoms with Crippen molar-refractivity contribution in [3.05, 3.63) is 59.2 Å². The van der Waals surface area contributed by atoms with Crippen LogP contribution in [0.4, 0.5) is 0 Å². The fourth-order valence-corrected chi connectivity index (χ4v) is 1.81. The van der Waals surface area contributed by atoms with Crippen LogP contribution in [0.15, 0.2) is 30.3 Å². The first-order chi connectivity index (χ1) is 7.70. The van der Waals surface area contributed by atoms with E-state index in [-0.39, 0.29) is 1010 Å². The fraction of sp³-hybridized carbons (Fsp3) is 0.250. The zero-order valence-electron chi connectivity index (χ0n) is 28.0. The van der Waals surface area contributed by atoms with Crippen molar-refractivity contribution < 1.29 is 1010 Å². The van der Waals surface area contributed by atoms with Crippen LogP contribution in [0.3, 0.4) is 0 Å². The van der Waals surface area contributed by atoms with E-state index < -0.39 is 0 Å². The Balaban J connectivity index is -0.00000000333. The first-order valence-corrected chi connectivity index (χ1v) is 5.70. The third kappa shape index (κ3) is 122. The van der Waals surface area contributed by atoms with Gasteiger partial charge in [-0.1, -0.05) is 20.8 Å². The maximum absolute atomic E-state index is 3.32. The Morgan fingerprint density at radius 1 is 0.362 bits per heavy atom. The molecule has 0 aromatic heterocycles. The topological polar surface area (TPSA) is 0 Å². The Bertz CT molecular complexity index is 521. The van der Waals surface area contributed by atoms with Gasteiger partial charge in [0, 0.05) is 1010 Å². The van der Waals surface area contributed by atoms with Crippen LogP contribution in [0.2, 0.25) is 0 Å².